The summed E-state index contributed by atoms with van der Waals surface area (Å²) in [5, 5.41) is 3.60. The molecule has 0 aliphatic carbocycles. The monoisotopic (exact) mass is 633 g/mol. The smallest absolute Gasteiger partial charge is 0.410 e. The normalized spacial score (nSPS) is 38.0. The Hall–Kier alpha value is -2.66. The fourth-order valence-corrected chi connectivity index (χ4v) is 7.26. The lowest BCUT2D eigenvalue weighted by Crippen LogP contribution is -2.56. The zero-order valence-corrected chi connectivity index (χ0v) is 28.7. The van der Waals surface area contributed by atoms with Gasteiger partial charge in [0, 0.05) is 36.4 Å². The fourth-order valence-electron chi connectivity index (χ4n) is 7.26. The number of fused-ring (bicyclic) bond motifs is 1. The number of carbonyl (C=O) groups is 3. The predicted molar refractivity (Wildman–Crippen MR) is 170 cm³/mol. The summed E-state index contributed by atoms with van der Waals surface area (Å²) in [6.07, 6.45) is 3.93. The van der Waals surface area contributed by atoms with Gasteiger partial charge in [-0.25, -0.2) is 4.79 Å². The van der Waals surface area contributed by atoms with Gasteiger partial charge in [-0.2, -0.15) is 0 Å². The zero-order chi connectivity index (χ0) is 33.5. The summed E-state index contributed by atoms with van der Waals surface area (Å²) in [4.78, 5) is 47.1. The molecule has 0 saturated carbocycles. The maximum atomic E-state index is 13.6. The second kappa shape index (κ2) is 16.3. The highest BCUT2D eigenvalue weighted by Gasteiger charge is 2.58. The van der Waals surface area contributed by atoms with Crippen LogP contribution in [0.1, 0.15) is 93.4 Å². The SMILES string of the molecule is CC[C@H]1OC(=O)[C@H](C)C(=O)C[C@@H](O[C@@H]2OC(C)CC(N(C)C)C2C)/C(C)=C/CC[C@H](C)[C@H]2N(CCCCN=[N+]=[N-])C(=O)O[C@]12C. The molecule has 0 N–H and O–H groups in total. The van der Waals surface area contributed by atoms with Crippen LogP contribution in [-0.4, -0.2) is 97.1 Å². The number of hydrogen-bond acceptors (Lipinski definition) is 9. The van der Waals surface area contributed by atoms with Crippen LogP contribution in [0.3, 0.4) is 0 Å². The highest BCUT2D eigenvalue weighted by molar-refractivity contribution is 5.99. The largest absolute Gasteiger partial charge is 0.458 e. The number of cyclic esters (lactones) is 1. The minimum Gasteiger partial charge on any atom is -0.458 e. The summed E-state index contributed by atoms with van der Waals surface area (Å²) in [5.74, 6) is -1.85. The number of esters is 1. The molecule has 3 aliphatic rings. The average molecular weight is 634 g/mol. The third kappa shape index (κ3) is 8.78. The van der Waals surface area contributed by atoms with Gasteiger partial charge in [0.05, 0.1) is 18.2 Å². The summed E-state index contributed by atoms with van der Waals surface area (Å²) in [6, 6.07) is -0.0940. The van der Waals surface area contributed by atoms with Crippen molar-refractivity contribution in [3.05, 3.63) is 22.1 Å². The van der Waals surface area contributed by atoms with E-state index in [9.17, 15) is 14.4 Å². The average Bonchev–Trinajstić information content (AvgIpc) is 3.24. The highest BCUT2D eigenvalue weighted by Crippen LogP contribution is 2.41. The van der Waals surface area contributed by atoms with Crippen LogP contribution in [0, 0.1) is 17.8 Å². The minimum absolute atomic E-state index is 0.000134. The number of ketones is 1. The number of Topliss-reactive ketones (excluding diaryl/α,β-unsaturated/α-hetero) is 1. The molecule has 1 amide bonds. The second-order valence-electron chi connectivity index (χ2n) is 13.6. The quantitative estimate of drug-likeness (QED) is 0.0569. The molecule has 254 valence electrons. The summed E-state index contributed by atoms with van der Waals surface area (Å²) < 4.78 is 24.9. The Morgan fingerprint density at radius 2 is 1.89 bits per heavy atom. The molecular weight excluding hydrogens is 578 g/mol. The van der Waals surface area contributed by atoms with Crippen molar-refractivity contribution in [3.63, 3.8) is 0 Å². The third-order valence-corrected chi connectivity index (χ3v) is 10.00. The number of hydrogen-bond donors (Lipinski definition) is 0. The number of ether oxygens (including phenoxy) is 4. The van der Waals surface area contributed by atoms with Gasteiger partial charge >= 0.3 is 12.1 Å². The number of carbonyl (C=O) groups excluding carboxylic acids is 3. The van der Waals surface area contributed by atoms with Gasteiger partial charge in [0.25, 0.3) is 0 Å². The van der Waals surface area contributed by atoms with Crippen molar-refractivity contribution in [2.24, 2.45) is 22.9 Å². The van der Waals surface area contributed by atoms with E-state index in [1.54, 1.807) is 11.8 Å². The number of amides is 1. The molecule has 2 fully saturated rings. The Morgan fingerprint density at radius 1 is 1.18 bits per heavy atom. The number of rotatable bonds is 9. The lowest BCUT2D eigenvalue weighted by atomic mass is 9.79. The summed E-state index contributed by atoms with van der Waals surface area (Å²) in [5.41, 5.74) is 8.41. The van der Waals surface area contributed by atoms with Crippen molar-refractivity contribution in [2.75, 3.05) is 27.2 Å². The van der Waals surface area contributed by atoms with Crippen molar-refractivity contribution in [1.82, 2.24) is 9.80 Å². The van der Waals surface area contributed by atoms with E-state index in [1.165, 1.54) is 0 Å². The molecule has 0 spiro atoms. The molecular formula is C33H55N5O7. The van der Waals surface area contributed by atoms with E-state index in [0.717, 1.165) is 18.4 Å². The lowest BCUT2D eigenvalue weighted by Gasteiger charge is -2.43. The van der Waals surface area contributed by atoms with Crippen molar-refractivity contribution >= 4 is 17.8 Å². The Balaban J connectivity index is 1.92. The molecule has 45 heavy (non-hydrogen) atoms. The van der Waals surface area contributed by atoms with E-state index in [1.807, 2.05) is 27.7 Å². The van der Waals surface area contributed by atoms with Crippen LogP contribution < -0.4 is 0 Å². The van der Waals surface area contributed by atoms with Gasteiger partial charge in [-0.05, 0) is 97.3 Å². The Bertz CT molecular complexity index is 1120. The third-order valence-electron chi connectivity index (χ3n) is 10.00. The molecule has 0 radical (unpaired) electrons. The molecule has 0 aromatic heterocycles. The molecule has 3 unspecified atom stereocenters. The van der Waals surface area contributed by atoms with Crippen LogP contribution in [0.25, 0.3) is 10.4 Å². The Kier molecular flexibility index (Phi) is 13.3. The molecule has 12 nitrogen and oxygen atoms in total. The minimum atomic E-state index is -1.10. The van der Waals surface area contributed by atoms with Crippen LogP contribution >= 0.6 is 0 Å². The van der Waals surface area contributed by atoms with E-state index < -0.39 is 42.1 Å². The fraction of sp³-hybridized carbons (Fsp3) is 0.848. The van der Waals surface area contributed by atoms with E-state index >= 15 is 0 Å². The van der Waals surface area contributed by atoms with Crippen molar-refractivity contribution in [1.29, 1.82) is 0 Å². The van der Waals surface area contributed by atoms with Crippen LogP contribution in [0.15, 0.2) is 16.8 Å². The maximum Gasteiger partial charge on any atom is 0.410 e. The molecule has 3 rings (SSSR count). The topological polar surface area (TPSA) is 143 Å². The van der Waals surface area contributed by atoms with Gasteiger partial charge in [-0.1, -0.05) is 32.0 Å². The first-order valence-corrected chi connectivity index (χ1v) is 16.6. The van der Waals surface area contributed by atoms with Gasteiger partial charge in [0.15, 0.2) is 11.9 Å². The first-order chi connectivity index (χ1) is 21.2. The van der Waals surface area contributed by atoms with Gasteiger partial charge in [0.1, 0.15) is 17.8 Å². The number of unbranched alkanes of at least 4 members (excludes halogenated alkanes) is 1. The number of nitrogens with zero attached hydrogens (tertiary/aromatic N) is 5. The van der Waals surface area contributed by atoms with Gasteiger partial charge in [-0.3, -0.25) is 9.59 Å². The Labute approximate surface area is 268 Å². The van der Waals surface area contributed by atoms with E-state index in [-0.39, 0.29) is 42.2 Å². The van der Waals surface area contributed by atoms with Crippen LogP contribution in [0.2, 0.25) is 0 Å². The predicted octanol–water partition coefficient (Wildman–Crippen LogP) is 6.04. The number of allylic oxidation sites excluding steroid dienone is 1. The van der Waals surface area contributed by atoms with Crippen LogP contribution in [-0.2, 0) is 28.5 Å². The molecule has 0 aromatic rings. The molecule has 3 aliphatic heterocycles. The van der Waals surface area contributed by atoms with Gasteiger partial charge < -0.3 is 28.7 Å². The van der Waals surface area contributed by atoms with E-state index in [2.05, 4.69) is 48.9 Å². The number of azide groups is 1. The lowest BCUT2D eigenvalue weighted by molar-refractivity contribution is -0.242. The van der Waals surface area contributed by atoms with Crippen LogP contribution in [0.5, 0.6) is 0 Å². The summed E-state index contributed by atoms with van der Waals surface area (Å²) in [6.45, 7) is 14.3. The Morgan fingerprint density at radius 3 is 2.53 bits per heavy atom. The van der Waals surface area contributed by atoms with Gasteiger partial charge in [-0.15, -0.1) is 0 Å². The van der Waals surface area contributed by atoms with Crippen molar-refractivity contribution in [2.45, 2.75) is 136 Å². The van der Waals surface area contributed by atoms with Crippen molar-refractivity contribution in [3.8, 4) is 0 Å². The van der Waals surface area contributed by atoms with Gasteiger partial charge in [0.2, 0.25) is 0 Å². The standard InChI is InChI=1S/C33H55N5O7/c1-10-28-33(7)29(38(32(41)45-33)17-12-11-16-35-36-34)21(3)15-13-14-20(2)27(19-26(39)24(6)30(40)44-28)43-31-23(5)25(37(8)9)18-22(4)42-31/h14,21-25,27-29,31H,10-13,15-19H2,1-9H3/b20-14+/t21-,22?,23?,24+,25?,27+,28+,29+,31-,33+/m0/s1. The molecule has 0 bridgehead atoms. The molecule has 2 saturated heterocycles. The highest BCUT2D eigenvalue weighted by atomic mass is 16.7. The van der Waals surface area contributed by atoms with E-state index in [0.29, 0.717) is 38.8 Å². The maximum absolute atomic E-state index is 13.6. The molecule has 3 heterocycles. The van der Waals surface area contributed by atoms with E-state index in [4.69, 9.17) is 24.5 Å². The van der Waals surface area contributed by atoms with Crippen LogP contribution in [0.4, 0.5) is 4.79 Å². The first kappa shape index (κ1) is 36.8. The molecule has 10 atom stereocenters. The molecule has 12 heteroatoms. The summed E-state index contributed by atoms with van der Waals surface area (Å²) in [7, 11) is 4.12. The summed E-state index contributed by atoms with van der Waals surface area (Å²) >= 11 is 0. The molecule has 0 aromatic carbocycles. The van der Waals surface area contributed by atoms with Crippen molar-refractivity contribution < 1.29 is 33.3 Å². The second-order valence-corrected chi connectivity index (χ2v) is 13.6. The first-order valence-electron chi connectivity index (χ1n) is 16.6. The zero-order valence-electron chi connectivity index (χ0n) is 28.7.